The largest absolute Gasteiger partial charge is 0.384 e. The van der Waals surface area contributed by atoms with Crippen molar-refractivity contribution in [1.29, 1.82) is 0 Å². The standard InChI is InChI=1S/C23H45NO3/c1-20-5-7-22(8-6-20)18-26-15-3-13-24-14-4-16-27-19-23-11-9-21(10-12-23)17-25-2/h20-24H,3-19H2,1-2H3. The van der Waals surface area contributed by atoms with Crippen molar-refractivity contribution in [3.8, 4) is 0 Å². The zero-order chi connectivity index (χ0) is 19.2. The van der Waals surface area contributed by atoms with Gasteiger partial charge in [-0.15, -0.1) is 0 Å². The molecule has 4 heteroatoms. The second kappa shape index (κ2) is 14.8. The third-order valence-corrected chi connectivity index (χ3v) is 6.50. The van der Waals surface area contributed by atoms with Crippen molar-refractivity contribution < 1.29 is 14.2 Å². The molecular weight excluding hydrogens is 338 g/mol. The van der Waals surface area contributed by atoms with E-state index in [4.69, 9.17) is 14.2 Å². The maximum absolute atomic E-state index is 5.89. The summed E-state index contributed by atoms with van der Waals surface area (Å²) in [5.74, 6) is 3.31. The fourth-order valence-electron chi connectivity index (χ4n) is 4.52. The van der Waals surface area contributed by atoms with Gasteiger partial charge in [0.25, 0.3) is 0 Å². The van der Waals surface area contributed by atoms with Crippen LogP contribution in [0.25, 0.3) is 0 Å². The van der Waals surface area contributed by atoms with Gasteiger partial charge in [-0.2, -0.15) is 0 Å². The van der Waals surface area contributed by atoms with Gasteiger partial charge in [0.15, 0.2) is 0 Å². The third kappa shape index (κ3) is 10.8. The molecule has 0 atom stereocenters. The summed E-state index contributed by atoms with van der Waals surface area (Å²) in [6.45, 7) is 9.16. The average molecular weight is 384 g/mol. The lowest BCUT2D eigenvalue weighted by Gasteiger charge is -2.27. The van der Waals surface area contributed by atoms with Gasteiger partial charge in [-0.25, -0.2) is 0 Å². The van der Waals surface area contributed by atoms with Crippen LogP contribution in [-0.2, 0) is 14.2 Å². The van der Waals surface area contributed by atoms with Crippen LogP contribution in [0.5, 0.6) is 0 Å². The van der Waals surface area contributed by atoms with Crippen molar-refractivity contribution in [2.75, 3.05) is 53.2 Å². The quantitative estimate of drug-likeness (QED) is 0.443. The monoisotopic (exact) mass is 383 g/mol. The number of methoxy groups -OCH3 is 1. The maximum Gasteiger partial charge on any atom is 0.0494 e. The molecule has 0 radical (unpaired) electrons. The first kappa shape index (κ1) is 23.1. The molecule has 0 amide bonds. The molecule has 2 aliphatic carbocycles. The molecule has 4 nitrogen and oxygen atoms in total. The van der Waals surface area contributed by atoms with E-state index in [9.17, 15) is 0 Å². The summed E-state index contributed by atoms with van der Waals surface area (Å²) in [6, 6.07) is 0. The van der Waals surface area contributed by atoms with Gasteiger partial charge in [0.1, 0.15) is 0 Å². The van der Waals surface area contributed by atoms with Crippen molar-refractivity contribution in [3.63, 3.8) is 0 Å². The average Bonchev–Trinajstić information content (AvgIpc) is 2.69. The van der Waals surface area contributed by atoms with Gasteiger partial charge in [-0.1, -0.05) is 19.8 Å². The van der Waals surface area contributed by atoms with E-state index in [1.54, 1.807) is 0 Å². The summed E-state index contributed by atoms with van der Waals surface area (Å²) in [4.78, 5) is 0. The first-order chi connectivity index (χ1) is 13.3. The molecule has 0 aromatic heterocycles. The minimum Gasteiger partial charge on any atom is -0.384 e. The summed E-state index contributed by atoms with van der Waals surface area (Å²) in [5.41, 5.74) is 0. The SMILES string of the molecule is COCC1CCC(COCCCNCCCOCC2CCC(C)CC2)CC1. The Bertz CT molecular complexity index is 337. The van der Waals surface area contributed by atoms with Gasteiger partial charge in [0.2, 0.25) is 0 Å². The molecule has 0 aromatic rings. The summed E-state index contributed by atoms with van der Waals surface area (Å²) in [7, 11) is 1.81. The molecule has 2 aliphatic rings. The van der Waals surface area contributed by atoms with E-state index < -0.39 is 0 Å². The number of rotatable bonds is 14. The highest BCUT2D eigenvalue weighted by molar-refractivity contribution is 4.72. The molecule has 0 aliphatic heterocycles. The Balaban J connectivity index is 1.29. The van der Waals surface area contributed by atoms with E-state index in [-0.39, 0.29) is 0 Å². The smallest absolute Gasteiger partial charge is 0.0494 e. The molecule has 27 heavy (non-hydrogen) atoms. The molecule has 0 heterocycles. The first-order valence-corrected chi connectivity index (χ1v) is 11.6. The van der Waals surface area contributed by atoms with Gasteiger partial charge in [-0.05, 0) is 88.1 Å². The van der Waals surface area contributed by atoms with Crippen molar-refractivity contribution in [1.82, 2.24) is 5.32 Å². The van der Waals surface area contributed by atoms with Crippen molar-refractivity contribution in [2.24, 2.45) is 23.7 Å². The van der Waals surface area contributed by atoms with Crippen LogP contribution in [0.1, 0.15) is 71.1 Å². The Kier molecular flexibility index (Phi) is 12.7. The molecule has 2 saturated carbocycles. The Morgan fingerprint density at radius 1 is 0.667 bits per heavy atom. The Morgan fingerprint density at radius 3 is 1.59 bits per heavy atom. The first-order valence-electron chi connectivity index (χ1n) is 11.6. The zero-order valence-electron chi connectivity index (χ0n) is 18.1. The minimum absolute atomic E-state index is 0.774. The highest BCUT2D eigenvalue weighted by atomic mass is 16.5. The molecule has 160 valence electrons. The second-order valence-electron chi connectivity index (χ2n) is 9.07. The summed E-state index contributed by atoms with van der Waals surface area (Å²) >= 11 is 0. The third-order valence-electron chi connectivity index (χ3n) is 6.50. The van der Waals surface area contributed by atoms with E-state index in [0.29, 0.717) is 0 Å². The fraction of sp³-hybridized carbons (Fsp3) is 1.00. The maximum atomic E-state index is 5.89. The molecule has 2 fully saturated rings. The second-order valence-corrected chi connectivity index (χ2v) is 9.07. The van der Waals surface area contributed by atoms with E-state index in [0.717, 1.165) is 82.6 Å². The molecule has 2 rings (SSSR count). The Hall–Kier alpha value is -0.160. The zero-order valence-corrected chi connectivity index (χ0v) is 18.1. The van der Waals surface area contributed by atoms with E-state index >= 15 is 0 Å². The molecular formula is C23H45NO3. The van der Waals surface area contributed by atoms with Crippen LogP contribution in [-0.4, -0.2) is 53.2 Å². The number of ether oxygens (including phenoxy) is 3. The molecule has 1 N–H and O–H groups in total. The van der Waals surface area contributed by atoms with Crippen LogP contribution < -0.4 is 5.32 Å². The van der Waals surface area contributed by atoms with E-state index in [2.05, 4.69) is 12.2 Å². The van der Waals surface area contributed by atoms with Crippen LogP contribution in [0.3, 0.4) is 0 Å². The van der Waals surface area contributed by atoms with Gasteiger partial charge in [-0.3, -0.25) is 0 Å². The summed E-state index contributed by atoms with van der Waals surface area (Å²) in [6.07, 6.45) is 13.0. The van der Waals surface area contributed by atoms with Gasteiger partial charge in [0, 0.05) is 40.1 Å². The number of hydrogen-bond acceptors (Lipinski definition) is 4. The lowest BCUT2D eigenvalue weighted by molar-refractivity contribution is 0.0614. The Labute approximate surface area is 168 Å². The predicted octanol–water partition coefficient (Wildman–Crippen LogP) is 4.67. The number of hydrogen-bond donors (Lipinski definition) is 1. The van der Waals surface area contributed by atoms with E-state index in [1.165, 1.54) is 51.4 Å². The molecule has 0 aromatic carbocycles. The molecule has 0 saturated heterocycles. The van der Waals surface area contributed by atoms with Crippen molar-refractivity contribution in [2.45, 2.75) is 71.1 Å². The fourth-order valence-corrected chi connectivity index (χ4v) is 4.52. The minimum atomic E-state index is 0.774. The summed E-state index contributed by atoms with van der Waals surface area (Å²) < 4.78 is 17.0. The summed E-state index contributed by atoms with van der Waals surface area (Å²) in [5, 5.41) is 3.51. The highest BCUT2D eigenvalue weighted by Crippen LogP contribution is 2.29. The van der Waals surface area contributed by atoms with Crippen LogP contribution in [0.4, 0.5) is 0 Å². The topological polar surface area (TPSA) is 39.7 Å². The molecule has 0 unspecified atom stereocenters. The van der Waals surface area contributed by atoms with E-state index in [1.807, 2.05) is 7.11 Å². The lowest BCUT2D eigenvalue weighted by Crippen LogP contribution is -2.23. The van der Waals surface area contributed by atoms with Crippen LogP contribution in [0.2, 0.25) is 0 Å². The van der Waals surface area contributed by atoms with Crippen LogP contribution in [0, 0.1) is 23.7 Å². The van der Waals surface area contributed by atoms with Gasteiger partial charge in [0.05, 0.1) is 0 Å². The van der Waals surface area contributed by atoms with Gasteiger partial charge >= 0.3 is 0 Å². The normalized spacial score (nSPS) is 29.1. The van der Waals surface area contributed by atoms with Crippen LogP contribution >= 0.6 is 0 Å². The van der Waals surface area contributed by atoms with Crippen LogP contribution in [0.15, 0.2) is 0 Å². The Morgan fingerprint density at radius 2 is 1.11 bits per heavy atom. The van der Waals surface area contributed by atoms with Gasteiger partial charge < -0.3 is 19.5 Å². The lowest BCUT2D eigenvalue weighted by atomic mass is 9.83. The predicted molar refractivity (Wildman–Crippen MR) is 112 cm³/mol. The molecule has 0 bridgehead atoms. The van der Waals surface area contributed by atoms with Crippen molar-refractivity contribution in [3.05, 3.63) is 0 Å². The number of nitrogens with one attached hydrogen (secondary N) is 1. The van der Waals surface area contributed by atoms with Crippen molar-refractivity contribution >= 4 is 0 Å². The highest BCUT2D eigenvalue weighted by Gasteiger charge is 2.21. The molecule has 0 spiro atoms.